The van der Waals surface area contributed by atoms with Gasteiger partial charge in [-0.3, -0.25) is 0 Å². The number of rotatable bonds is 5. The predicted molar refractivity (Wildman–Crippen MR) is 70.6 cm³/mol. The van der Waals surface area contributed by atoms with Crippen LogP contribution in [-0.4, -0.2) is 36.1 Å². The van der Waals surface area contributed by atoms with E-state index in [1.54, 1.807) is 20.3 Å². The lowest BCUT2D eigenvalue weighted by Gasteiger charge is -2.15. The molecule has 18 heavy (non-hydrogen) atoms. The lowest BCUT2D eigenvalue weighted by molar-refractivity contribution is 0.372. The average molecular weight is 272 g/mol. The lowest BCUT2D eigenvalue weighted by atomic mass is 10.1. The van der Waals surface area contributed by atoms with Gasteiger partial charge in [0, 0.05) is 11.9 Å². The summed E-state index contributed by atoms with van der Waals surface area (Å²) >= 11 is 6.23. The zero-order valence-electron chi connectivity index (χ0n) is 10.6. The van der Waals surface area contributed by atoms with Crippen LogP contribution < -0.4 is 14.8 Å². The number of anilines is 1. The fourth-order valence-electron chi connectivity index (χ4n) is 2.14. The van der Waals surface area contributed by atoms with Crippen LogP contribution in [0.2, 0.25) is 0 Å². The minimum Gasteiger partial charge on any atom is -0.481 e. The summed E-state index contributed by atoms with van der Waals surface area (Å²) in [5.74, 6) is 1.96. The van der Waals surface area contributed by atoms with Crippen molar-refractivity contribution < 1.29 is 9.47 Å². The molecule has 1 heterocycles. The number of alkyl halides is 1. The monoisotopic (exact) mass is 271 g/mol. The SMILES string of the molecule is COc1cc(OC)nc(NCC2CCCC2Cl)n1. The van der Waals surface area contributed by atoms with Crippen LogP contribution in [0.1, 0.15) is 19.3 Å². The Morgan fingerprint density at radius 3 is 2.44 bits per heavy atom. The smallest absolute Gasteiger partial charge is 0.229 e. The van der Waals surface area contributed by atoms with Crippen LogP contribution >= 0.6 is 11.6 Å². The van der Waals surface area contributed by atoms with Gasteiger partial charge in [0.15, 0.2) is 0 Å². The molecule has 1 aromatic rings. The molecule has 0 saturated heterocycles. The topological polar surface area (TPSA) is 56.3 Å². The molecule has 100 valence electrons. The molecule has 1 aliphatic rings. The summed E-state index contributed by atoms with van der Waals surface area (Å²) in [5.41, 5.74) is 0. The molecule has 5 nitrogen and oxygen atoms in total. The molecule has 0 bridgehead atoms. The van der Waals surface area contributed by atoms with Gasteiger partial charge >= 0.3 is 0 Å². The van der Waals surface area contributed by atoms with E-state index in [1.807, 2.05) is 0 Å². The summed E-state index contributed by atoms with van der Waals surface area (Å²) in [6.45, 7) is 0.782. The molecule has 1 aromatic heterocycles. The zero-order valence-corrected chi connectivity index (χ0v) is 11.4. The summed E-state index contributed by atoms with van der Waals surface area (Å²) in [4.78, 5) is 8.44. The fourth-order valence-corrected chi connectivity index (χ4v) is 2.51. The Morgan fingerprint density at radius 1 is 1.28 bits per heavy atom. The Bertz CT molecular complexity index is 381. The maximum Gasteiger partial charge on any atom is 0.229 e. The molecule has 1 N–H and O–H groups in total. The highest BCUT2D eigenvalue weighted by atomic mass is 35.5. The van der Waals surface area contributed by atoms with Crippen molar-refractivity contribution in [3.8, 4) is 11.8 Å². The number of ether oxygens (including phenoxy) is 2. The van der Waals surface area contributed by atoms with E-state index in [-0.39, 0.29) is 5.38 Å². The minimum atomic E-state index is 0.255. The van der Waals surface area contributed by atoms with E-state index >= 15 is 0 Å². The highest BCUT2D eigenvalue weighted by Gasteiger charge is 2.25. The van der Waals surface area contributed by atoms with Gasteiger partial charge in [0.2, 0.25) is 17.7 Å². The van der Waals surface area contributed by atoms with Gasteiger partial charge in [-0.1, -0.05) is 6.42 Å². The second-order valence-electron chi connectivity index (χ2n) is 4.36. The van der Waals surface area contributed by atoms with Gasteiger partial charge in [0.05, 0.1) is 20.3 Å². The van der Waals surface area contributed by atoms with Crippen molar-refractivity contribution in [2.45, 2.75) is 24.6 Å². The van der Waals surface area contributed by atoms with Crippen LogP contribution in [0.4, 0.5) is 5.95 Å². The van der Waals surface area contributed by atoms with Crippen molar-refractivity contribution >= 4 is 17.5 Å². The molecular formula is C12H18ClN3O2. The Balaban J connectivity index is 1.99. The van der Waals surface area contributed by atoms with E-state index in [2.05, 4.69) is 15.3 Å². The van der Waals surface area contributed by atoms with E-state index in [1.165, 1.54) is 6.42 Å². The molecular weight excluding hydrogens is 254 g/mol. The van der Waals surface area contributed by atoms with Crippen LogP contribution in [0.15, 0.2) is 6.07 Å². The van der Waals surface area contributed by atoms with Crippen molar-refractivity contribution in [3.05, 3.63) is 6.07 Å². The van der Waals surface area contributed by atoms with Gasteiger partial charge in [-0.25, -0.2) is 0 Å². The van der Waals surface area contributed by atoms with Crippen LogP contribution in [0.5, 0.6) is 11.8 Å². The number of nitrogens with one attached hydrogen (secondary N) is 1. The number of methoxy groups -OCH3 is 2. The van der Waals surface area contributed by atoms with E-state index < -0.39 is 0 Å². The van der Waals surface area contributed by atoms with Crippen LogP contribution in [0.3, 0.4) is 0 Å². The van der Waals surface area contributed by atoms with Gasteiger partial charge in [0.1, 0.15) is 0 Å². The minimum absolute atomic E-state index is 0.255. The summed E-state index contributed by atoms with van der Waals surface area (Å²) in [7, 11) is 3.13. The van der Waals surface area contributed by atoms with Gasteiger partial charge in [-0.15, -0.1) is 11.6 Å². The highest BCUT2D eigenvalue weighted by molar-refractivity contribution is 6.20. The molecule has 0 aromatic carbocycles. The first kappa shape index (κ1) is 13.2. The highest BCUT2D eigenvalue weighted by Crippen LogP contribution is 2.30. The van der Waals surface area contributed by atoms with Gasteiger partial charge < -0.3 is 14.8 Å². The average Bonchev–Trinajstić information content (AvgIpc) is 2.81. The van der Waals surface area contributed by atoms with Crippen molar-refractivity contribution in [2.75, 3.05) is 26.1 Å². The fraction of sp³-hybridized carbons (Fsp3) is 0.667. The molecule has 6 heteroatoms. The number of nitrogens with zero attached hydrogens (tertiary/aromatic N) is 2. The normalized spacial score (nSPS) is 22.8. The first-order valence-electron chi connectivity index (χ1n) is 6.08. The van der Waals surface area contributed by atoms with Gasteiger partial charge in [-0.2, -0.15) is 9.97 Å². The zero-order chi connectivity index (χ0) is 13.0. The molecule has 1 saturated carbocycles. The maximum atomic E-state index is 6.23. The Morgan fingerprint density at radius 2 is 1.94 bits per heavy atom. The second kappa shape index (κ2) is 6.09. The largest absolute Gasteiger partial charge is 0.481 e. The summed E-state index contributed by atoms with van der Waals surface area (Å²) in [6, 6.07) is 1.64. The van der Waals surface area contributed by atoms with Crippen molar-refractivity contribution in [3.63, 3.8) is 0 Å². The number of aromatic nitrogens is 2. The van der Waals surface area contributed by atoms with Crippen molar-refractivity contribution in [1.82, 2.24) is 9.97 Å². The molecule has 1 aliphatic carbocycles. The third-order valence-electron chi connectivity index (χ3n) is 3.19. The van der Waals surface area contributed by atoms with E-state index in [0.717, 1.165) is 19.4 Å². The van der Waals surface area contributed by atoms with Gasteiger partial charge in [-0.05, 0) is 18.8 Å². The Hall–Kier alpha value is -1.23. The van der Waals surface area contributed by atoms with E-state index in [0.29, 0.717) is 23.6 Å². The number of halogens is 1. The summed E-state index contributed by atoms with van der Waals surface area (Å²) in [5, 5.41) is 3.45. The molecule has 0 aliphatic heterocycles. The molecule has 0 spiro atoms. The lowest BCUT2D eigenvalue weighted by Crippen LogP contribution is -2.19. The Kier molecular flexibility index (Phi) is 4.47. The number of hydrogen-bond donors (Lipinski definition) is 1. The van der Waals surface area contributed by atoms with Crippen molar-refractivity contribution in [1.29, 1.82) is 0 Å². The quantitative estimate of drug-likeness (QED) is 0.833. The van der Waals surface area contributed by atoms with Gasteiger partial charge in [0.25, 0.3) is 0 Å². The third kappa shape index (κ3) is 3.16. The standard InChI is InChI=1S/C12H18ClN3O2/c1-17-10-6-11(18-2)16-12(15-10)14-7-8-4-3-5-9(8)13/h6,8-9H,3-5,7H2,1-2H3,(H,14,15,16). The van der Waals surface area contributed by atoms with Crippen LogP contribution in [0.25, 0.3) is 0 Å². The van der Waals surface area contributed by atoms with Crippen LogP contribution in [0, 0.1) is 5.92 Å². The van der Waals surface area contributed by atoms with Crippen LogP contribution in [-0.2, 0) is 0 Å². The third-order valence-corrected chi connectivity index (χ3v) is 3.76. The molecule has 0 amide bonds. The molecule has 2 unspecified atom stereocenters. The molecule has 2 atom stereocenters. The summed E-state index contributed by atoms with van der Waals surface area (Å²) in [6.07, 6.45) is 3.45. The predicted octanol–water partition coefficient (Wildman–Crippen LogP) is 2.31. The second-order valence-corrected chi connectivity index (χ2v) is 4.92. The molecule has 0 radical (unpaired) electrons. The Labute approximate surface area is 112 Å². The summed E-state index contributed by atoms with van der Waals surface area (Å²) < 4.78 is 10.2. The molecule has 2 rings (SSSR count). The first-order chi connectivity index (χ1) is 8.72. The number of hydrogen-bond acceptors (Lipinski definition) is 5. The van der Waals surface area contributed by atoms with E-state index in [4.69, 9.17) is 21.1 Å². The van der Waals surface area contributed by atoms with E-state index in [9.17, 15) is 0 Å². The van der Waals surface area contributed by atoms with Crippen molar-refractivity contribution in [2.24, 2.45) is 5.92 Å². The first-order valence-corrected chi connectivity index (χ1v) is 6.51. The maximum absolute atomic E-state index is 6.23. The molecule has 1 fully saturated rings.